The minimum atomic E-state index is -0.0952. The van der Waals surface area contributed by atoms with Gasteiger partial charge in [-0.1, -0.05) is 0 Å². The first-order valence-corrected chi connectivity index (χ1v) is 8.85. The van der Waals surface area contributed by atoms with Crippen LogP contribution in [0.3, 0.4) is 0 Å². The van der Waals surface area contributed by atoms with Crippen molar-refractivity contribution in [2.24, 2.45) is 0 Å². The zero-order chi connectivity index (χ0) is 17.3. The van der Waals surface area contributed by atoms with Crippen LogP contribution in [0, 0.1) is 0 Å². The Morgan fingerprint density at radius 3 is 2.68 bits per heavy atom. The average molecular weight is 344 g/mol. The maximum absolute atomic E-state index is 12.4. The van der Waals surface area contributed by atoms with E-state index in [0.717, 1.165) is 38.2 Å². The highest BCUT2D eigenvalue weighted by molar-refractivity contribution is 5.91. The number of carbonyl (C=O) groups is 1. The zero-order valence-corrected chi connectivity index (χ0v) is 14.5. The standard InChI is InChI=1S/C19H24N2O4/c1-20(13-16-4-2-10-23-16)15-12-19(25-14-15)6-8-21(9-7-19)18(22)17-5-3-11-24-17/h2-5,10-11,15H,6-9,12-14H2,1H3. The third-order valence-electron chi connectivity index (χ3n) is 5.49. The molecule has 4 heterocycles. The summed E-state index contributed by atoms with van der Waals surface area (Å²) in [6.45, 7) is 2.96. The lowest BCUT2D eigenvalue weighted by atomic mass is 9.87. The number of nitrogens with zero attached hydrogens (tertiary/aromatic N) is 2. The average Bonchev–Trinajstić information content (AvgIpc) is 3.37. The summed E-state index contributed by atoms with van der Waals surface area (Å²) in [5.74, 6) is 1.37. The molecule has 1 amide bonds. The van der Waals surface area contributed by atoms with E-state index < -0.39 is 0 Å². The number of rotatable bonds is 4. The number of amides is 1. The summed E-state index contributed by atoms with van der Waals surface area (Å²) < 4.78 is 16.9. The van der Waals surface area contributed by atoms with Gasteiger partial charge in [-0.3, -0.25) is 9.69 Å². The molecule has 0 N–H and O–H groups in total. The second kappa shape index (κ2) is 6.69. The predicted octanol–water partition coefficient (Wildman–Crippen LogP) is 2.77. The van der Waals surface area contributed by atoms with Crippen molar-refractivity contribution >= 4 is 5.91 Å². The van der Waals surface area contributed by atoms with E-state index in [1.54, 1.807) is 18.4 Å². The number of piperidine rings is 1. The molecule has 6 nitrogen and oxygen atoms in total. The fourth-order valence-corrected chi connectivity index (χ4v) is 3.90. The van der Waals surface area contributed by atoms with E-state index in [-0.39, 0.29) is 11.5 Å². The second-order valence-electron chi connectivity index (χ2n) is 7.12. The van der Waals surface area contributed by atoms with Gasteiger partial charge in [0, 0.05) is 19.1 Å². The van der Waals surface area contributed by atoms with Crippen molar-refractivity contribution in [2.75, 3.05) is 26.7 Å². The lowest BCUT2D eigenvalue weighted by molar-refractivity contribution is -0.0397. The Bertz CT molecular complexity index is 687. The highest BCUT2D eigenvalue weighted by Gasteiger charge is 2.44. The first-order valence-electron chi connectivity index (χ1n) is 8.85. The van der Waals surface area contributed by atoms with E-state index in [4.69, 9.17) is 13.6 Å². The van der Waals surface area contributed by atoms with Crippen LogP contribution < -0.4 is 0 Å². The van der Waals surface area contributed by atoms with Crippen molar-refractivity contribution in [3.63, 3.8) is 0 Å². The van der Waals surface area contributed by atoms with Crippen LogP contribution in [0.4, 0.5) is 0 Å². The molecule has 0 aliphatic carbocycles. The van der Waals surface area contributed by atoms with Crippen molar-refractivity contribution in [1.82, 2.24) is 9.80 Å². The van der Waals surface area contributed by atoms with Gasteiger partial charge >= 0.3 is 0 Å². The quantitative estimate of drug-likeness (QED) is 0.853. The molecule has 0 bridgehead atoms. The van der Waals surface area contributed by atoms with Gasteiger partial charge in [0.1, 0.15) is 5.76 Å². The molecule has 2 aromatic rings. The van der Waals surface area contributed by atoms with Crippen molar-refractivity contribution in [3.05, 3.63) is 48.3 Å². The smallest absolute Gasteiger partial charge is 0.289 e. The summed E-state index contributed by atoms with van der Waals surface area (Å²) in [5.41, 5.74) is -0.0952. The Labute approximate surface area is 147 Å². The fraction of sp³-hybridized carbons (Fsp3) is 0.526. The number of hydrogen-bond acceptors (Lipinski definition) is 5. The molecule has 0 aromatic carbocycles. The molecule has 134 valence electrons. The molecule has 2 fully saturated rings. The molecule has 1 spiro atoms. The van der Waals surface area contributed by atoms with Crippen LogP contribution >= 0.6 is 0 Å². The second-order valence-corrected chi connectivity index (χ2v) is 7.12. The molecule has 25 heavy (non-hydrogen) atoms. The van der Waals surface area contributed by atoms with Gasteiger partial charge < -0.3 is 18.5 Å². The number of furan rings is 2. The molecule has 2 aliphatic rings. The molecule has 2 aromatic heterocycles. The Morgan fingerprint density at radius 2 is 2.00 bits per heavy atom. The molecule has 2 saturated heterocycles. The van der Waals surface area contributed by atoms with E-state index >= 15 is 0 Å². The van der Waals surface area contributed by atoms with Gasteiger partial charge in [0.2, 0.25) is 0 Å². The van der Waals surface area contributed by atoms with Crippen LogP contribution in [0.5, 0.6) is 0 Å². The van der Waals surface area contributed by atoms with Crippen molar-refractivity contribution < 1.29 is 18.4 Å². The van der Waals surface area contributed by atoms with Gasteiger partial charge in [0.25, 0.3) is 5.91 Å². The molecule has 4 rings (SSSR count). The summed E-state index contributed by atoms with van der Waals surface area (Å²) in [6, 6.07) is 7.77. The SMILES string of the molecule is CN(Cc1ccco1)C1COC2(CCN(C(=O)c3ccco3)CC2)C1. The van der Waals surface area contributed by atoms with Gasteiger partial charge in [-0.05, 0) is 50.6 Å². The fourth-order valence-electron chi connectivity index (χ4n) is 3.90. The topological polar surface area (TPSA) is 59.1 Å². The van der Waals surface area contributed by atoms with E-state index in [1.165, 1.54) is 6.26 Å². The van der Waals surface area contributed by atoms with Crippen LogP contribution in [-0.4, -0.2) is 54.1 Å². The third-order valence-corrected chi connectivity index (χ3v) is 5.49. The summed E-state index contributed by atoms with van der Waals surface area (Å²) in [5, 5.41) is 0. The van der Waals surface area contributed by atoms with Gasteiger partial charge in [-0.2, -0.15) is 0 Å². The Kier molecular flexibility index (Phi) is 4.39. The highest BCUT2D eigenvalue weighted by atomic mass is 16.5. The van der Waals surface area contributed by atoms with E-state index in [0.29, 0.717) is 24.9 Å². The van der Waals surface area contributed by atoms with Crippen LogP contribution in [0.1, 0.15) is 35.6 Å². The minimum absolute atomic E-state index is 0.0238. The molecule has 6 heteroatoms. The van der Waals surface area contributed by atoms with Crippen molar-refractivity contribution in [3.8, 4) is 0 Å². The number of carbonyl (C=O) groups excluding carboxylic acids is 1. The van der Waals surface area contributed by atoms with Gasteiger partial charge in [-0.25, -0.2) is 0 Å². The lowest BCUT2D eigenvalue weighted by Crippen LogP contribution is -2.47. The Balaban J connectivity index is 1.32. The number of likely N-dealkylation sites (tertiary alicyclic amines) is 1. The van der Waals surface area contributed by atoms with Crippen molar-refractivity contribution in [1.29, 1.82) is 0 Å². The molecular formula is C19H24N2O4. The van der Waals surface area contributed by atoms with Crippen molar-refractivity contribution in [2.45, 2.75) is 37.5 Å². The number of ether oxygens (including phenoxy) is 1. The number of hydrogen-bond donors (Lipinski definition) is 0. The molecule has 1 unspecified atom stereocenters. The van der Waals surface area contributed by atoms with Gasteiger partial charge in [-0.15, -0.1) is 0 Å². The maximum atomic E-state index is 12.4. The van der Waals surface area contributed by atoms with Gasteiger partial charge in [0.15, 0.2) is 5.76 Å². The molecule has 2 aliphatic heterocycles. The Hall–Kier alpha value is -2.05. The van der Waals surface area contributed by atoms with E-state index in [1.807, 2.05) is 17.0 Å². The molecule has 0 saturated carbocycles. The normalized spacial score (nSPS) is 22.8. The van der Waals surface area contributed by atoms with E-state index in [9.17, 15) is 4.79 Å². The summed E-state index contributed by atoms with van der Waals surface area (Å²) in [4.78, 5) is 16.6. The highest BCUT2D eigenvalue weighted by Crippen LogP contribution is 2.38. The third kappa shape index (κ3) is 3.37. The first-order chi connectivity index (χ1) is 12.2. The summed E-state index contributed by atoms with van der Waals surface area (Å²) in [6.07, 6.45) is 6.02. The summed E-state index contributed by atoms with van der Waals surface area (Å²) in [7, 11) is 2.12. The van der Waals surface area contributed by atoms with Crippen LogP contribution in [0.25, 0.3) is 0 Å². The van der Waals surface area contributed by atoms with Gasteiger partial charge in [0.05, 0.1) is 31.3 Å². The first kappa shape index (κ1) is 16.4. The molecule has 1 atom stereocenters. The molecule has 0 radical (unpaired) electrons. The minimum Gasteiger partial charge on any atom is -0.468 e. The summed E-state index contributed by atoms with van der Waals surface area (Å²) >= 11 is 0. The van der Waals surface area contributed by atoms with Crippen LogP contribution in [0.2, 0.25) is 0 Å². The number of likely N-dealkylation sites (N-methyl/N-ethyl adjacent to an activating group) is 1. The zero-order valence-electron chi connectivity index (χ0n) is 14.5. The lowest BCUT2D eigenvalue weighted by Gasteiger charge is -2.38. The van der Waals surface area contributed by atoms with Crippen LogP contribution in [-0.2, 0) is 11.3 Å². The Morgan fingerprint density at radius 1 is 1.24 bits per heavy atom. The monoisotopic (exact) mass is 344 g/mol. The maximum Gasteiger partial charge on any atom is 0.289 e. The van der Waals surface area contributed by atoms with Crippen LogP contribution in [0.15, 0.2) is 45.6 Å². The largest absolute Gasteiger partial charge is 0.468 e. The van der Waals surface area contributed by atoms with E-state index in [2.05, 4.69) is 11.9 Å². The predicted molar refractivity (Wildman–Crippen MR) is 91.1 cm³/mol. The molecular weight excluding hydrogens is 320 g/mol.